The lowest BCUT2D eigenvalue weighted by molar-refractivity contribution is -0.387. The summed E-state index contributed by atoms with van der Waals surface area (Å²) in [7, 11) is 2.88. The number of nitro groups is 1. The molecule has 10 rings (SSSR count). The molecule has 0 spiro atoms. The number of aromatic nitrogens is 8. The predicted molar refractivity (Wildman–Crippen MR) is 317 cm³/mol. The number of nitrogens with one attached hydrogen (secondary N) is 4. The van der Waals surface area contributed by atoms with Gasteiger partial charge in [0.05, 0.1) is 90.7 Å². The summed E-state index contributed by atoms with van der Waals surface area (Å²) in [6.45, 7) is 24.7. The lowest BCUT2D eigenvalue weighted by Gasteiger charge is -2.31. The van der Waals surface area contributed by atoms with E-state index in [9.17, 15) is 28.5 Å². The number of hydrogen-bond acceptors (Lipinski definition) is 18. The van der Waals surface area contributed by atoms with E-state index < -0.39 is 33.3 Å². The number of methoxy groups -OCH3 is 2. The molecule has 2 aliphatic rings. The highest BCUT2D eigenvalue weighted by molar-refractivity contribution is 6.66. The minimum Gasteiger partial charge on any atom is -0.494 e. The molecule has 4 aromatic heterocycles. The van der Waals surface area contributed by atoms with Crippen molar-refractivity contribution in [3.8, 4) is 34.0 Å². The van der Waals surface area contributed by atoms with E-state index in [2.05, 4.69) is 69.2 Å². The maximum Gasteiger partial charge on any atom is 0.307 e. The van der Waals surface area contributed by atoms with Gasteiger partial charge in [0.1, 0.15) is 34.2 Å². The molecule has 0 saturated carbocycles. The van der Waals surface area contributed by atoms with Crippen molar-refractivity contribution in [2.45, 2.75) is 53.6 Å². The Hall–Kier alpha value is -9.04. The molecular formula is C58H64ClF3N14O8. The van der Waals surface area contributed by atoms with Crippen LogP contribution in [0.4, 0.5) is 53.5 Å². The van der Waals surface area contributed by atoms with Gasteiger partial charge in [-0.3, -0.25) is 19.7 Å². The van der Waals surface area contributed by atoms with E-state index >= 15 is 4.39 Å². The molecule has 2 saturated heterocycles. The largest absolute Gasteiger partial charge is 0.494 e. The molecule has 0 bridgehead atoms. The number of ether oxygens (including phenoxy) is 4. The number of amides is 1. The maximum atomic E-state index is 15.1. The molecule has 2 aliphatic heterocycles. The molecule has 442 valence electrons. The van der Waals surface area contributed by atoms with E-state index in [0.29, 0.717) is 88.3 Å². The third-order valence-electron chi connectivity index (χ3n) is 12.9. The predicted octanol–water partition coefficient (Wildman–Crippen LogP) is 11.1. The SMILES string of the molecule is C1COCCN1.C=CC(=O)Cl.C=CC(=O)Nc1cc(Nc2nccc(-c3cc(F)c4nc(C)n(C(C)C)c4c3)n2)c(OC)cc1N1CCOCC1.COc1cc(F)c([N+](=O)[O-])cc1Nc1nccc(-c2cc(F)c3nc(C)n(C(C)C)c3c2)n1. The summed E-state index contributed by atoms with van der Waals surface area (Å²) >= 11 is 4.71. The second-order valence-electron chi connectivity index (χ2n) is 19.2. The van der Waals surface area contributed by atoms with Crippen molar-refractivity contribution >= 4 is 85.2 Å². The van der Waals surface area contributed by atoms with Crippen LogP contribution in [0, 0.1) is 41.4 Å². The van der Waals surface area contributed by atoms with Gasteiger partial charge in [-0.05, 0) is 108 Å². The fraction of sp³-hybridized carbons (Fsp3) is 0.310. The third-order valence-corrected chi connectivity index (χ3v) is 13.0. The minimum absolute atomic E-state index is 0.0378. The van der Waals surface area contributed by atoms with Crippen LogP contribution in [0.25, 0.3) is 44.6 Å². The summed E-state index contributed by atoms with van der Waals surface area (Å²) in [4.78, 5) is 60.4. The van der Waals surface area contributed by atoms with E-state index in [-0.39, 0.29) is 46.8 Å². The Morgan fingerprint density at radius 2 is 1.18 bits per heavy atom. The van der Waals surface area contributed by atoms with Crippen molar-refractivity contribution in [3.05, 3.63) is 138 Å². The Morgan fingerprint density at radius 1 is 0.702 bits per heavy atom. The van der Waals surface area contributed by atoms with Crippen molar-refractivity contribution in [2.75, 3.05) is 87.7 Å². The van der Waals surface area contributed by atoms with Gasteiger partial charge in [0.25, 0.3) is 0 Å². The molecule has 1 amide bonds. The van der Waals surface area contributed by atoms with Gasteiger partial charge in [-0.1, -0.05) is 13.2 Å². The van der Waals surface area contributed by atoms with E-state index in [1.165, 1.54) is 31.5 Å². The van der Waals surface area contributed by atoms with Crippen LogP contribution in [0.15, 0.2) is 98.4 Å². The first kappa shape index (κ1) is 62.6. The molecule has 84 heavy (non-hydrogen) atoms. The molecule has 6 heterocycles. The molecular weight excluding hydrogens is 1110 g/mol. The van der Waals surface area contributed by atoms with Gasteiger partial charge < -0.3 is 54.2 Å². The Bertz CT molecular complexity index is 3690. The number of fused-ring (bicyclic) bond motifs is 2. The van der Waals surface area contributed by atoms with Crippen LogP contribution in [0.5, 0.6) is 11.5 Å². The number of imidazole rings is 2. The summed E-state index contributed by atoms with van der Waals surface area (Å²) < 4.78 is 69.1. The minimum atomic E-state index is -1.03. The van der Waals surface area contributed by atoms with Crippen LogP contribution in [0.2, 0.25) is 0 Å². The number of nitro benzene ring substituents is 1. The van der Waals surface area contributed by atoms with Crippen molar-refractivity contribution < 1.29 is 46.6 Å². The Kier molecular flexibility index (Phi) is 21.4. The van der Waals surface area contributed by atoms with Crippen LogP contribution < -0.4 is 35.6 Å². The fourth-order valence-corrected chi connectivity index (χ4v) is 9.19. The highest BCUT2D eigenvalue weighted by Crippen LogP contribution is 2.40. The number of anilines is 6. The second-order valence-corrected chi connectivity index (χ2v) is 19.5. The number of benzene rings is 4. The van der Waals surface area contributed by atoms with E-state index in [0.717, 1.165) is 56.0 Å². The number of carbonyl (C=O) groups is 2. The molecule has 22 nitrogen and oxygen atoms in total. The number of halogens is 4. The van der Waals surface area contributed by atoms with Gasteiger partial charge in [-0.15, -0.1) is 0 Å². The standard InChI is InChI=1S/C29H32FN7O3.C22H20F2N6O3.C4H9NO.C3H3ClO/c1-6-27(38)33-22-15-23(26(39-5)16-24(22)36-9-11-40-12-10-36)35-29-31-8-7-21(34-29)19-13-20(30)28-25(14-19)37(17(2)3)18(4)32-28;1-11(2)29-12(3)26-21-15(24)7-13(8-19(21)29)16-5-6-25-22(27-16)28-17-10-18(30(31)32)14(23)9-20(17)33-4;1-3-6-4-2-5-1;1-2-3(4)5/h6-8,13-17H,1,9-12H2,2-5H3,(H,33,38)(H,31,34,35);5-11H,1-4H3,(H,25,27,28);5H,1-4H2;2H,1H2. The molecule has 0 aliphatic carbocycles. The first-order valence-corrected chi connectivity index (χ1v) is 26.8. The zero-order valence-electron chi connectivity index (χ0n) is 47.6. The van der Waals surface area contributed by atoms with Crippen LogP contribution in [-0.2, 0) is 19.1 Å². The van der Waals surface area contributed by atoms with Crippen LogP contribution in [-0.4, -0.2) is 122 Å². The van der Waals surface area contributed by atoms with Gasteiger partial charge in [0.15, 0.2) is 11.6 Å². The van der Waals surface area contributed by atoms with Crippen molar-refractivity contribution in [1.29, 1.82) is 0 Å². The third kappa shape index (κ3) is 15.3. The number of nitrogens with zero attached hydrogens (tertiary/aromatic N) is 10. The van der Waals surface area contributed by atoms with E-state index in [4.69, 9.17) is 30.5 Å². The molecule has 4 N–H and O–H groups in total. The molecule has 0 radical (unpaired) electrons. The highest BCUT2D eigenvalue weighted by Gasteiger charge is 2.23. The number of hydrogen-bond donors (Lipinski definition) is 4. The number of morpholine rings is 2. The first-order chi connectivity index (χ1) is 40.2. The van der Waals surface area contributed by atoms with Gasteiger partial charge in [-0.2, -0.15) is 4.39 Å². The fourth-order valence-electron chi connectivity index (χ4n) is 9.19. The number of rotatable bonds is 15. The molecule has 8 aromatic rings. The van der Waals surface area contributed by atoms with Gasteiger partial charge >= 0.3 is 5.69 Å². The second kappa shape index (κ2) is 28.8. The topological polar surface area (TPSA) is 253 Å². The van der Waals surface area contributed by atoms with Crippen LogP contribution in [0.3, 0.4) is 0 Å². The van der Waals surface area contributed by atoms with Crippen molar-refractivity contribution in [2.24, 2.45) is 0 Å². The number of aryl methyl sites for hydroxylation is 2. The zero-order valence-corrected chi connectivity index (χ0v) is 48.3. The normalized spacial score (nSPS) is 13.0. The Morgan fingerprint density at radius 3 is 1.60 bits per heavy atom. The zero-order chi connectivity index (χ0) is 60.8. The monoisotopic (exact) mass is 1180 g/mol. The summed E-state index contributed by atoms with van der Waals surface area (Å²) in [5.41, 5.74) is 5.34. The van der Waals surface area contributed by atoms with Gasteiger partial charge in [-0.25, -0.2) is 38.7 Å². The average Bonchev–Trinajstić information content (AvgIpc) is 2.78. The number of allylic oxidation sites excluding steroid dienone is 1. The highest BCUT2D eigenvalue weighted by atomic mass is 35.5. The summed E-state index contributed by atoms with van der Waals surface area (Å²) in [5, 5.41) is 22.7. The van der Waals surface area contributed by atoms with Gasteiger partial charge in [0.2, 0.25) is 28.9 Å². The smallest absolute Gasteiger partial charge is 0.307 e. The lowest BCUT2D eigenvalue weighted by atomic mass is 10.1. The van der Waals surface area contributed by atoms with Crippen LogP contribution >= 0.6 is 11.6 Å². The molecule has 0 unspecified atom stereocenters. The van der Waals surface area contributed by atoms with Gasteiger partial charge in [0, 0.05) is 80.0 Å². The Balaban J connectivity index is 0.000000206. The van der Waals surface area contributed by atoms with Crippen LogP contribution in [0.1, 0.15) is 51.4 Å². The van der Waals surface area contributed by atoms with E-state index in [1.807, 2.05) is 62.8 Å². The van der Waals surface area contributed by atoms with Crippen molar-refractivity contribution in [1.82, 2.24) is 44.4 Å². The summed E-state index contributed by atoms with van der Waals surface area (Å²) in [5.74, 6) is 0.122. The number of carbonyl (C=O) groups excluding carboxylic acids is 2. The summed E-state index contributed by atoms with van der Waals surface area (Å²) in [6.07, 6.45) is 5.33. The Labute approximate surface area is 487 Å². The first-order valence-electron chi connectivity index (χ1n) is 26.4. The molecule has 26 heteroatoms. The molecule has 0 atom stereocenters. The average molecular weight is 1180 g/mol. The molecule has 4 aromatic carbocycles. The maximum absolute atomic E-state index is 15.1. The lowest BCUT2D eigenvalue weighted by Crippen LogP contribution is -2.36. The van der Waals surface area contributed by atoms with Crippen molar-refractivity contribution in [3.63, 3.8) is 0 Å². The quantitative estimate of drug-likeness (QED) is 0.0322. The summed E-state index contributed by atoms with van der Waals surface area (Å²) in [6, 6.07) is 15.5. The van der Waals surface area contributed by atoms with E-state index in [1.54, 1.807) is 37.6 Å². The molecule has 2 fully saturated rings.